The van der Waals surface area contributed by atoms with Crippen LogP contribution in [0.1, 0.15) is 32.8 Å². The van der Waals surface area contributed by atoms with Crippen LogP contribution in [-0.2, 0) is 11.2 Å². The molecule has 3 nitrogen and oxygen atoms in total. The highest BCUT2D eigenvalue weighted by molar-refractivity contribution is 9.10. The second-order valence-corrected chi connectivity index (χ2v) is 6.84. The van der Waals surface area contributed by atoms with E-state index < -0.39 is 0 Å². The molecule has 0 amide bonds. The number of halogens is 1. The number of ether oxygens (including phenoxy) is 1. The van der Waals surface area contributed by atoms with Gasteiger partial charge in [0.1, 0.15) is 0 Å². The molecular formula is C17H29BrN2O. The number of nitrogens with two attached hydrogens (primary N) is 1. The molecule has 0 bridgehead atoms. The maximum absolute atomic E-state index is 6.06. The van der Waals surface area contributed by atoms with E-state index in [0.29, 0.717) is 5.92 Å². The average Bonchev–Trinajstić information content (AvgIpc) is 2.45. The van der Waals surface area contributed by atoms with Crippen LogP contribution in [0.5, 0.6) is 0 Å². The topological polar surface area (TPSA) is 38.5 Å². The van der Waals surface area contributed by atoms with Crippen molar-refractivity contribution in [3.63, 3.8) is 0 Å². The normalized spacial score (nSPS) is 12.7. The van der Waals surface area contributed by atoms with Gasteiger partial charge in [0.05, 0.1) is 6.61 Å². The van der Waals surface area contributed by atoms with E-state index in [9.17, 15) is 0 Å². The number of nitrogens with zero attached hydrogens (tertiary/aromatic N) is 1. The molecule has 0 aromatic heterocycles. The summed E-state index contributed by atoms with van der Waals surface area (Å²) in [5, 5.41) is 0. The van der Waals surface area contributed by atoms with Gasteiger partial charge in [-0.3, -0.25) is 0 Å². The van der Waals surface area contributed by atoms with Gasteiger partial charge in [0.15, 0.2) is 0 Å². The van der Waals surface area contributed by atoms with Crippen molar-refractivity contribution < 1.29 is 4.74 Å². The van der Waals surface area contributed by atoms with E-state index in [-0.39, 0.29) is 6.04 Å². The van der Waals surface area contributed by atoms with Crippen LogP contribution >= 0.6 is 15.9 Å². The van der Waals surface area contributed by atoms with Gasteiger partial charge in [-0.25, -0.2) is 0 Å². The summed E-state index contributed by atoms with van der Waals surface area (Å²) >= 11 is 3.69. The third-order valence-corrected chi connectivity index (χ3v) is 4.30. The smallest absolute Gasteiger partial charge is 0.0637 e. The molecule has 0 saturated heterocycles. The highest BCUT2D eigenvalue weighted by Gasteiger charge is 2.11. The van der Waals surface area contributed by atoms with Gasteiger partial charge in [-0.15, -0.1) is 0 Å². The molecule has 0 fully saturated rings. The summed E-state index contributed by atoms with van der Waals surface area (Å²) in [6.07, 6.45) is 1.92. The predicted molar refractivity (Wildman–Crippen MR) is 95.0 cm³/mol. The number of benzene rings is 1. The lowest BCUT2D eigenvalue weighted by molar-refractivity contribution is 0.204. The Balaban J connectivity index is 2.86. The van der Waals surface area contributed by atoms with Crippen molar-refractivity contribution in [1.82, 2.24) is 0 Å². The molecule has 0 spiro atoms. The van der Waals surface area contributed by atoms with Crippen LogP contribution in [-0.4, -0.2) is 32.8 Å². The quantitative estimate of drug-likeness (QED) is 0.730. The van der Waals surface area contributed by atoms with E-state index in [4.69, 9.17) is 10.5 Å². The van der Waals surface area contributed by atoms with Gasteiger partial charge in [0.2, 0.25) is 0 Å². The van der Waals surface area contributed by atoms with E-state index >= 15 is 0 Å². The Kier molecular flexibility index (Phi) is 8.30. The van der Waals surface area contributed by atoms with Crippen LogP contribution in [0.4, 0.5) is 5.69 Å². The van der Waals surface area contributed by atoms with E-state index in [1.54, 1.807) is 7.11 Å². The lowest BCUT2D eigenvalue weighted by Crippen LogP contribution is -2.31. The molecule has 0 aliphatic heterocycles. The molecule has 1 rings (SSSR count). The molecule has 0 aliphatic carbocycles. The van der Waals surface area contributed by atoms with Crippen molar-refractivity contribution in [1.29, 1.82) is 0 Å². The highest BCUT2D eigenvalue weighted by Crippen LogP contribution is 2.26. The van der Waals surface area contributed by atoms with E-state index in [0.717, 1.165) is 37.0 Å². The van der Waals surface area contributed by atoms with Crippen molar-refractivity contribution in [2.24, 2.45) is 11.7 Å². The summed E-state index contributed by atoms with van der Waals surface area (Å²) < 4.78 is 6.37. The molecule has 0 radical (unpaired) electrons. The second kappa shape index (κ2) is 9.44. The Hall–Kier alpha value is -0.580. The standard InChI is InChI=1S/C17H29BrN2O/c1-5-15(19)10-14-6-7-16(11-17(14)18)20(8-9-21-4)12-13(2)3/h6-7,11,13,15H,5,8-10,12,19H2,1-4H3. The minimum Gasteiger partial charge on any atom is -0.383 e. The third-order valence-electron chi connectivity index (χ3n) is 3.56. The Labute approximate surface area is 138 Å². The minimum absolute atomic E-state index is 0.229. The summed E-state index contributed by atoms with van der Waals surface area (Å²) in [5.74, 6) is 0.619. The molecule has 4 heteroatoms. The molecule has 0 aliphatic rings. The summed E-state index contributed by atoms with van der Waals surface area (Å²) in [6, 6.07) is 6.82. The predicted octanol–water partition coefficient (Wildman–Crippen LogP) is 3.84. The van der Waals surface area contributed by atoms with E-state index in [1.165, 1.54) is 11.3 Å². The minimum atomic E-state index is 0.229. The fraction of sp³-hybridized carbons (Fsp3) is 0.647. The SMILES string of the molecule is CCC(N)Cc1ccc(N(CCOC)CC(C)C)cc1Br. The van der Waals surface area contributed by atoms with Crippen LogP contribution < -0.4 is 10.6 Å². The fourth-order valence-electron chi connectivity index (χ4n) is 2.29. The summed E-state index contributed by atoms with van der Waals surface area (Å²) in [4.78, 5) is 2.38. The number of hydrogen-bond donors (Lipinski definition) is 1. The first kappa shape index (κ1) is 18.5. The molecule has 2 N–H and O–H groups in total. The van der Waals surface area contributed by atoms with Crippen molar-refractivity contribution in [2.75, 3.05) is 31.7 Å². The monoisotopic (exact) mass is 356 g/mol. The zero-order chi connectivity index (χ0) is 15.8. The van der Waals surface area contributed by atoms with Crippen molar-refractivity contribution in [3.8, 4) is 0 Å². The Morgan fingerprint density at radius 1 is 1.33 bits per heavy atom. The van der Waals surface area contributed by atoms with Crippen LogP contribution in [0.25, 0.3) is 0 Å². The van der Waals surface area contributed by atoms with Gasteiger partial charge in [0.25, 0.3) is 0 Å². The van der Waals surface area contributed by atoms with Crippen molar-refractivity contribution in [2.45, 2.75) is 39.7 Å². The number of rotatable bonds is 9. The van der Waals surface area contributed by atoms with Crippen LogP contribution in [0, 0.1) is 5.92 Å². The van der Waals surface area contributed by atoms with Crippen molar-refractivity contribution >= 4 is 21.6 Å². The Morgan fingerprint density at radius 3 is 2.57 bits per heavy atom. The zero-order valence-electron chi connectivity index (χ0n) is 13.7. The van der Waals surface area contributed by atoms with Gasteiger partial charge >= 0.3 is 0 Å². The highest BCUT2D eigenvalue weighted by atomic mass is 79.9. The molecular weight excluding hydrogens is 328 g/mol. The summed E-state index contributed by atoms with van der Waals surface area (Å²) in [6.45, 7) is 9.29. The van der Waals surface area contributed by atoms with Crippen molar-refractivity contribution in [3.05, 3.63) is 28.2 Å². The van der Waals surface area contributed by atoms with Crippen LogP contribution in [0.2, 0.25) is 0 Å². The molecule has 1 aromatic rings. The molecule has 0 saturated carbocycles. The first-order chi connectivity index (χ1) is 9.97. The molecule has 0 heterocycles. The van der Waals surface area contributed by atoms with Crippen LogP contribution in [0.15, 0.2) is 22.7 Å². The Morgan fingerprint density at radius 2 is 2.05 bits per heavy atom. The fourth-order valence-corrected chi connectivity index (χ4v) is 2.82. The summed E-state index contributed by atoms with van der Waals surface area (Å²) in [5.41, 5.74) is 8.57. The second-order valence-electron chi connectivity index (χ2n) is 5.98. The molecule has 1 aromatic carbocycles. The first-order valence-corrected chi connectivity index (χ1v) is 8.55. The van der Waals surface area contributed by atoms with Crippen LogP contribution in [0.3, 0.4) is 0 Å². The Bertz CT molecular complexity index is 423. The van der Waals surface area contributed by atoms with Gasteiger partial charge in [-0.1, -0.05) is 42.8 Å². The van der Waals surface area contributed by atoms with E-state index in [2.05, 4.69) is 59.8 Å². The number of anilines is 1. The van der Waals surface area contributed by atoms with E-state index in [1.807, 2.05) is 0 Å². The van der Waals surface area contributed by atoms with Gasteiger partial charge in [0, 0.05) is 36.4 Å². The molecule has 1 atom stereocenters. The van der Waals surface area contributed by atoms with Gasteiger partial charge < -0.3 is 15.4 Å². The molecule has 1 unspecified atom stereocenters. The third kappa shape index (κ3) is 6.37. The largest absolute Gasteiger partial charge is 0.383 e. The molecule has 120 valence electrons. The number of hydrogen-bond acceptors (Lipinski definition) is 3. The number of methoxy groups -OCH3 is 1. The molecule has 21 heavy (non-hydrogen) atoms. The lowest BCUT2D eigenvalue weighted by Gasteiger charge is -2.27. The summed E-state index contributed by atoms with van der Waals surface area (Å²) in [7, 11) is 1.75. The first-order valence-electron chi connectivity index (χ1n) is 7.75. The maximum atomic E-state index is 6.06. The average molecular weight is 357 g/mol. The maximum Gasteiger partial charge on any atom is 0.0637 e. The lowest BCUT2D eigenvalue weighted by atomic mass is 10.0. The van der Waals surface area contributed by atoms with Gasteiger partial charge in [-0.2, -0.15) is 0 Å². The zero-order valence-corrected chi connectivity index (χ0v) is 15.3. The van der Waals surface area contributed by atoms with Gasteiger partial charge in [-0.05, 0) is 36.5 Å².